The second-order valence-corrected chi connectivity index (χ2v) is 7.79. The number of benzene rings is 1. The Morgan fingerprint density at radius 2 is 2.03 bits per heavy atom. The Labute approximate surface area is 166 Å². The largest absolute Gasteiger partial charge is 0.474 e. The Bertz CT molecular complexity index is 1020. The fourth-order valence-corrected chi connectivity index (χ4v) is 4.29. The maximum atomic E-state index is 13.5. The van der Waals surface area contributed by atoms with E-state index < -0.39 is 11.7 Å². The van der Waals surface area contributed by atoms with Crippen molar-refractivity contribution in [3.63, 3.8) is 0 Å². The van der Waals surface area contributed by atoms with Crippen LogP contribution < -0.4 is 15.8 Å². The van der Waals surface area contributed by atoms with E-state index >= 15 is 0 Å². The van der Waals surface area contributed by atoms with Crippen molar-refractivity contribution in [1.29, 1.82) is 5.26 Å². The molecular weight excluding hydrogens is 375 g/mol. The lowest BCUT2D eigenvalue weighted by Gasteiger charge is -2.57. The molecule has 8 heteroatoms. The normalized spacial score (nSPS) is 24.7. The maximum Gasteiger partial charge on any atom is 0.254 e. The summed E-state index contributed by atoms with van der Waals surface area (Å²) in [5, 5.41) is 11.8. The lowest BCUT2D eigenvalue weighted by Crippen LogP contribution is -2.58. The predicted octanol–water partition coefficient (Wildman–Crippen LogP) is 2.31. The third-order valence-electron chi connectivity index (χ3n) is 5.62. The van der Waals surface area contributed by atoms with Gasteiger partial charge in [0.1, 0.15) is 17.5 Å². The van der Waals surface area contributed by atoms with Gasteiger partial charge in [0.25, 0.3) is 11.8 Å². The number of pyridine rings is 1. The summed E-state index contributed by atoms with van der Waals surface area (Å²) >= 11 is 0. The lowest BCUT2D eigenvalue weighted by atomic mass is 9.53. The summed E-state index contributed by atoms with van der Waals surface area (Å²) in [5.41, 5.74) is 5.98. The number of nitriles is 1. The third-order valence-corrected chi connectivity index (χ3v) is 5.62. The van der Waals surface area contributed by atoms with Crippen molar-refractivity contribution >= 4 is 11.8 Å². The molecule has 7 nitrogen and oxygen atoms in total. The molecule has 1 aromatic carbocycles. The Hall–Kier alpha value is -3.47. The molecule has 2 saturated carbocycles. The van der Waals surface area contributed by atoms with Crippen molar-refractivity contribution < 1.29 is 18.7 Å². The number of aromatic nitrogens is 1. The van der Waals surface area contributed by atoms with Crippen LogP contribution in [0.2, 0.25) is 0 Å². The highest BCUT2D eigenvalue weighted by Gasteiger charge is 2.54. The molecule has 1 spiro atoms. The smallest absolute Gasteiger partial charge is 0.254 e. The minimum atomic E-state index is -0.608. The zero-order valence-corrected chi connectivity index (χ0v) is 15.5. The molecule has 0 bridgehead atoms. The van der Waals surface area contributed by atoms with Gasteiger partial charge in [-0.1, -0.05) is 0 Å². The second-order valence-electron chi connectivity index (χ2n) is 7.79. The van der Waals surface area contributed by atoms with Crippen LogP contribution in [-0.2, 0) is 0 Å². The fourth-order valence-electron chi connectivity index (χ4n) is 4.29. The number of hydrogen-bond donors (Lipinski definition) is 2. The van der Waals surface area contributed by atoms with E-state index in [1.807, 2.05) is 6.07 Å². The first kappa shape index (κ1) is 18.9. The highest BCUT2D eigenvalue weighted by atomic mass is 19.1. The minimum absolute atomic E-state index is 0.00767. The number of nitrogens with two attached hydrogens (primary N) is 1. The first-order chi connectivity index (χ1) is 13.9. The van der Waals surface area contributed by atoms with E-state index in [2.05, 4.69) is 10.3 Å². The summed E-state index contributed by atoms with van der Waals surface area (Å²) in [7, 11) is 0. The van der Waals surface area contributed by atoms with Gasteiger partial charge in [0.2, 0.25) is 5.88 Å². The molecule has 4 rings (SSSR count). The molecule has 2 aliphatic carbocycles. The monoisotopic (exact) mass is 394 g/mol. The summed E-state index contributed by atoms with van der Waals surface area (Å²) in [4.78, 5) is 27.9. The van der Waals surface area contributed by atoms with E-state index in [4.69, 9.17) is 15.7 Å². The van der Waals surface area contributed by atoms with E-state index in [1.165, 1.54) is 6.07 Å². The van der Waals surface area contributed by atoms with Crippen molar-refractivity contribution in [2.75, 3.05) is 0 Å². The zero-order valence-electron chi connectivity index (χ0n) is 15.5. The highest BCUT2D eigenvalue weighted by molar-refractivity contribution is 5.95. The van der Waals surface area contributed by atoms with Gasteiger partial charge in [-0.25, -0.2) is 9.37 Å². The molecule has 2 amide bonds. The van der Waals surface area contributed by atoms with Gasteiger partial charge in [0.05, 0.1) is 11.6 Å². The summed E-state index contributed by atoms with van der Waals surface area (Å²) in [6, 6.07) is 8.66. The quantitative estimate of drug-likeness (QED) is 0.807. The Balaban J connectivity index is 1.28. The van der Waals surface area contributed by atoms with Crippen LogP contribution in [0.4, 0.5) is 4.39 Å². The first-order valence-electron chi connectivity index (χ1n) is 9.30. The number of rotatable bonds is 5. The van der Waals surface area contributed by atoms with E-state index in [0.717, 1.165) is 37.8 Å². The predicted molar refractivity (Wildman–Crippen MR) is 100 cm³/mol. The van der Waals surface area contributed by atoms with Crippen molar-refractivity contribution in [2.45, 2.75) is 37.8 Å². The van der Waals surface area contributed by atoms with Crippen LogP contribution in [0.5, 0.6) is 5.88 Å². The number of carbonyl (C=O) groups excluding carboxylic acids is 2. The average Bonchev–Trinajstić information content (AvgIpc) is 2.64. The first-order valence-corrected chi connectivity index (χ1v) is 9.30. The maximum absolute atomic E-state index is 13.5. The fraction of sp³-hybridized carbons (Fsp3) is 0.333. The SMILES string of the molecule is N#Cc1cc(F)cc(C(=O)NC2CC3(C2)CC(Oc2ncccc2C(N)=O)C3)c1. The van der Waals surface area contributed by atoms with Gasteiger partial charge in [-0.2, -0.15) is 5.26 Å². The van der Waals surface area contributed by atoms with Gasteiger partial charge in [0.15, 0.2) is 0 Å². The van der Waals surface area contributed by atoms with E-state index in [-0.39, 0.29) is 46.0 Å². The molecule has 0 aliphatic heterocycles. The van der Waals surface area contributed by atoms with Gasteiger partial charge in [-0.05, 0) is 61.4 Å². The molecule has 29 heavy (non-hydrogen) atoms. The average molecular weight is 394 g/mol. The lowest BCUT2D eigenvalue weighted by molar-refractivity contribution is -0.0848. The highest BCUT2D eigenvalue weighted by Crippen LogP contribution is 2.56. The van der Waals surface area contributed by atoms with Gasteiger partial charge >= 0.3 is 0 Å². The Morgan fingerprint density at radius 1 is 1.28 bits per heavy atom. The Kier molecular flexibility index (Phi) is 4.66. The number of halogens is 1. The molecule has 2 aliphatic rings. The van der Waals surface area contributed by atoms with Crippen LogP contribution in [-0.4, -0.2) is 28.9 Å². The third kappa shape index (κ3) is 3.76. The number of nitrogens with one attached hydrogen (secondary N) is 1. The number of nitrogens with zero attached hydrogens (tertiary/aromatic N) is 2. The van der Waals surface area contributed by atoms with Crippen molar-refractivity contribution in [3.8, 4) is 11.9 Å². The van der Waals surface area contributed by atoms with Crippen molar-refractivity contribution in [2.24, 2.45) is 11.1 Å². The van der Waals surface area contributed by atoms with Gasteiger partial charge in [-0.15, -0.1) is 0 Å². The summed E-state index contributed by atoms with van der Waals surface area (Å²) < 4.78 is 19.3. The van der Waals surface area contributed by atoms with Crippen molar-refractivity contribution in [3.05, 3.63) is 59.0 Å². The van der Waals surface area contributed by atoms with Crippen LogP contribution in [0.1, 0.15) is 52.0 Å². The standard InChI is InChI=1S/C21H19FN4O3/c22-14-5-12(11-23)4-13(6-14)19(28)26-15-7-21(8-15)9-16(10-21)29-20-17(18(24)27)2-1-3-25-20/h1-6,15-16H,7-10H2,(H2,24,27)(H,26,28). The van der Waals surface area contributed by atoms with Crippen LogP contribution in [0.15, 0.2) is 36.5 Å². The zero-order chi connectivity index (χ0) is 20.6. The molecule has 2 fully saturated rings. The van der Waals surface area contributed by atoms with Crippen LogP contribution in [0.25, 0.3) is 0 Å². The molecule has 0 atom stereocenters. The summed E-state index contributed by atoms with van der Waals surface area (Å²) in [6.07, 6.45) is 4.75. The number of hydrogen-bond acceptors (Lipinski definition) is 5. The van der Waals surface area contributed by atoms with E-state index in [0.29, 0.717) is 0 Å². The molecule has 0 saturated heterocycles. The van der Waals surface area contributed by atoms with Gasteiger partial charge in [-0.3, -0.25) is 9.59 Å². The number of carbonyl (C=O) groups is 2. The number of primary amides is 1. The molecule has 0 radical (unpaired) electrons. The van der Waals surface area contributed by atoms with Crippen LogP contribution in [0.3, 0.4) is 0 Å². The minimum Gasteiger partial charge on any atom is -0.474 e. The molecule has 2 aromatic rings. The number of ether oxygens (including phenoxy) is 1. The van der Waals surface area contributed by atoms with Crippen LogP contribution >= 0.6 is 0 Å². The van der Waals surface area contributed by atoms with Gasteiger partial charge < -0.3 is 15.8 Å². The molecule has 1 heterocycles. The molecular formula is C21H19FN4O3. The second kappa shape index (κ2) is 7.17. The van der Waals surface area contributed by atoms with Crippen molar-refractivity contribution in [1.82, 2.24) is 10.3 Å². The Morgan fingerprint density at radius 3 is 2.72 bits per heavy atom. The van der Waals surface area contributed by atoms with E-state index in [9.17, 15) is 14.0 Å². The molecule has 1 aromatic heterocycles. The van der Waals surface area contributed by atoms with Gasteiger partial charge in [0, 0.05) is 17.8 Å². The molecule has 148 valence electrons. The summed E-state index contributed by atoms with van der Waals surface area (Å²) in [5.74, 6) is -1.32. The topological polar surface area (TPSA) is 118 Å². The van der Waals surface area contributed by atoms with Crippen LogP contribution in [0, 0.1) is 22.6 Å². The number of amides is 2. The summed E-state index contributed by atoms with van der Waals surface area (Å²) in [6.45, 7) is 0. The van der Waals surface area contributed by atoms with E-state index in [1.54, 1.807) is 18.3 Å². The molecule has 0 unspecified atom stereocenters. The molecule has 3 N–H and O–H groups in total.